The van der Waals surface area contributed by atoms with E-state index < -0.39 is 22.6 Å². The number of carbonyl (C=O) groups excluding carboxylic acids is 3. The number of likely N-dealkylation sites (tertiary alicyclic amines) is 1. The number of aliphatic hydroxyl groups is 1. The summed E-state index contributed by atoms with van der Waals surface area (Å²) in [5.41, 5.74) is 2.56. The van der Waals surface area contributed by atoms with Gasteiger partial charge in [0.1, 0.15) is 18.2 Å². The molecule has 0 aliphatic carbocycles. The number of unbranched alkanes of at least 4 members (excludes halogenated alkanes) is 2. The van der Waals surface area contributed by atoms with Crippen LogP contribution >= 0.6 is 11.8 Å². The molecule has 1 spiro atoms. The van der Waals surface area contributed by atoms with Crippen molar-refractivity contribution < 1.29 is 19.5 Å². The van der Waals surface area contributed by atoms with E-state index in [9.17, 15) is 19.5 Å². The Kier molecular flexibility index (Phi) is 7.50. The van der Waals surface area contributed by atoms with E-state index in [2.05, 4.69) is 20.9 Å². The molecular weight excluding hydrogens is 528 g/mol. The summed E-state index contributed by atoms with van der Waals surface area (Å²) in [5.74, 6) is -1.45. The molecule has 3 aromatic rings. The number of aromatic nitrogens is 3. The number of hydrogen-bond donors (Lipinski definition) is 3. The average Bonchev–Trinajstić information content (AvgIpc) is 3.73. The van der Waals surface area contributed by atoms with Crippen LogP contribution < -0.4 is 10.6 Å². The van der Waals surface area contributed by atoms with Crippen molar-refractivity contribution in [2.45, 2.75) is 61.4 Å². The molecule has 3 aliphatic rings. The van der Waals surface area contributed by atoms with E-state index in [1.54, 1.807) is 21.3 Å². The first kappa shape index (κ1) is 26.8. The van der Waals surface area contributed by atoms with Gasteiger partial charge in [-0.05, 0) is 49.8 Å². The van der Waals surface area contributed by atoms with E-state index in [-0.39, 0.29) is 36.2 Å². The van der Waals surface area contributed by atoms with Gasteiger partial charge in [0, 0.05) is 24.9 Å². The highest BCUT2D eigenvalue weighted by Crippen LogP contribution is 2.66. The van der Waals surface area contributed by atoms with Crippen LogP contribution in [0.1, 0.15) is 37.7 Å². The summed E-state index contributed by atoms with van der Waals surface area (Å²) in [4.78, 5) is 43.2. The van der Waals surface area contributed by atoms with Gasteiger partial charge in [-0.3, -0.25) is 14.4 Å². The van der Waals surface area contributed by atoms with Gasteiger partial charge in [-0.2, -0.15) is 0 Å². The number of benzene rings is 2. The van der Waals surface area contributed by atoms with Crippen molar-refractivity contribution in [1.29, 1.82) is 0 Å². The predicted octanol–water partition coefficient (Wildman–Crippen LogP) is 2.08. The van der Waals surface area contributed by atoms with Gasteiger partial charge in [0.2, 0.25) is 17.7 Å². The molecule has 3 saturated heterocycles. The highest BCUT2D eigenvalue weighted by Gasteiger charge is 2.73. The van der Waals surface area contributed by atoms with Crippen LogP contribution in [-0.2, 0) is 27.6 Å². The van der Waals surface area contributed by atoms with E-state index in [1.807, 2.05) is 54.6 Å². The van der Waals surface area contributed by atoms with E-state index in [1.165, 1.54) is 0 Å². The fourth-order valence-corrected chi connectivity index (χ4v) is 8.97. The first-order valence-electron chi connectivity index (χ1n) is 14.0. The highest BCUT2D eigenvalue weighted by atomic mass is 32.2. The minimum atomic E-state index is -0.671. The number of amides is 3. The third kappa shape index (κ3) is 4.64. The highest BCUT2D eigenvalue weighted by molar-refractivity contribution is 8.02. The molecule has 2 bridgehead atoms. The van der Waals surface area contributed by atoms with Crippen LogP contribution in [0, 0.1) is 11.8 Å². The Labute approximate surface area is 236 Å². The zero-order valence-corrected chi connectivity index (χ0v) is 23.1. The van der Waals surface area contributed by atoms with Crippen molar-refractivity contribution in [1.82, 2.24) is 30.5 Å². The van der Waals surface area contributed by atoms with Gasteiger partial charge in [0.25, 0.3) is 0 Å². The zero-order chi connectivity index (χ0) is 27.7. The van der Waals surface area contributed by atoms with E-state index in [0.29, 0.717) is 25.9 Å². The molecule has 3 N–H and O–H groups in total. The number of para-hydroxylation sites is 1. The van der Waals surface area contributed by atoms with Crippen LogP contribution in [0.4, 0.5) is 0 Å². The van der Waals surface area contributed by atoms with Gasteiger partial charge >= 0.3 is 0 Å². The van der Waals surface area contributed by atoms with Crippen molar-refractivity contribution in [3.8, 4) is 0 Å². The Morgan fingerprint density at radius 2 is 1.82 bits per heavy atom. The largest absolute Gasteiger partial charge is 0.396 e. The smallest absolute Gasteiger partial charge is 0.245 e. The van der Waals surface area contributed by atoms with Crippen LogP contribution in [0.3, 0.4) is 0 Å². The SMILES string of the molecule is O=C(NCn1nnc2ccccc21)C1N(CCCCCO)C(=O)[C@@H]2[C@@H](C(=O)NCc3ccccc3)[C@H]3CCC12S3. The number of fused-ring (bicyclic) bond motifs is 2. The Morgan fingerprint density at radius 3 is 2.65 bits per heavy atom. The molecule has 3 fully saturated rings. The fourth-order valence-electron chi connectivity index (χ4n) is 6.75. The van der Waals surface area contributed by atoms with Crippen molar-refractivity contribution >= 4 is 40.5 Å². The lowest BCUT2D eigenvalue weighted by Gasteiger charge is -2.34. The van der Waals surface area contributed by atoms with Gasteiger partial charge in [-0.25, -0.2) is 4.68 Å². The summed E-state index contributed by atoms with van der Waals surface area (Å²) in [6.45, 7) is 1.06. The quantitative estimate of drug-likeness (QED) is 0.305. The van der Waals surface area contributed by atoms with Crippen LogP contribution in [0.15, 0.2) is 54.6 Å². The molecule has 5 atom stereocenters. The standard InChI is InChI=1S/C29H34N6O4S/c36-16-8-2-7-15-34-25(27(38)31-18-35-21-12-6-5-11-20(21)32-33-35)29-14-13-22(40-29)23(24(29)28(34)39)26(37)30-17-19-9-3-1-4-10-19/h1,3-6,9-12,22-25,36H,2,7-8,13-18H2,(H,30,37)(H,31,38)/t22-,23+,24+,25?,29?/m1/s1. The number of hydrogen-bond acceptors (Lipinski definition) is 7. The second-order valence-corrected chi connectivity index (χ2v) is 12.5. The maximum Gasteiger partial charge on any atom is 0.245 e. The molecule has 0 radical (unpaired) electrons. The normalized spacial score (nSPS) is 26.8. The summed E-state index contributed by atoms with van der Waals surface area (Å²) in [5, 5.41) is 23.7. The predicted molar refractivity (Wildman–Crippen MR) is 151 cm³/mol. The van der Waals surface area contributed by atoms with Crippen LogP contribution in [0.25, 0.3) is 11.0 Å². The summed E-state index contributed by atoms with van der Waals surface area (Å²) in [7, 11) is 0. The monoisotopic (exact) mass is 562 g/mol. The summed E-state index contributed by atoms with van der Waals surface area (Å²) < 4.78 is 1.01. The molecule has 0 saturated carbocycles. The average molecular weight is 563 g/mol. The summed E-state index contributed by atoms with van der Waals surface area (Å²) in [6, 6.07) is 16.6. The second-order valence-electron chi connectivity index (χ2n) is 10.9. The molecule has 210 valence electrons. The van der Waals surface area contributed by atoms with E-state index in [0.717, 1.165) is 35.9 Å². The number of nitrogens with zero attached hydrogens (tertiary/aromatic N) is 4. The molecule has 1 aromatic heterocycles. The fraction of sp³-hybridized carbons (Fsp3) is 0.483. The van der Waals surface area contributed by atoms with Gasteiger partial charge < -0.3 is 20.6 Å². The Bertz CT molecular complexity index is 1400. The third-order valence-electron chi connectivity index (χ3n) is 8.54. The maximum absolute atomic E-state index is 14.0. The van der Waals surface area contributed by atoms with Crippen molar-refractivity contribution in [2.75, 3.05) is 13.2 Å². The molecule has 4 heterocycles. The van der Waals surface area contributed by atoms with Gasteiger partial charge in [0.15, 0.2) is 0 Å². The van der Waals surface area contributed by atoms with Crippen LogP contribution in [0.2, 0.25) is 0 Å². The number of aliphatic hydroxyl groups excluding tert-OH is 1. The number of carbonyl (C=O) groups is 3. The van der Waals surface area contributed by atoms with Crippen LogP contribution in [-0.4, -0.2) is 71.9 Å². The molecule has 2 unspecified atom stereocenters. The summed E-state index contributed by atoms with van der Waals surface area (Å²) in [6.07, 6.45) is 3.61. The first-order chi connectivity index (χ1) is 19.5. The summed E-state index contributed by atoms with van der Waals surface area (Å²) >= 11 is 1.66. The lowest BCUT2D eigenvalue weighted by Crippen LogP contribution is -2.54. The zero-order valence-electron chi connectivity index (χ0n) is 22.2. The lowest BCUT2D eigenvalue weighted by molar-refractivity contribution is -0.140. The van der Waals surface area contributed by atoms with Crippen molar-refractivity contribution in [3.63, 3.8) is 0 Å². The number of rotatable bonds is 11. The maximum atomic E-state index is 14.0. The van der Waals surface area contributed by atoms with Gasteiger partial charge in [-0.15, -0.1) is 16.9 Å². The topological polar surface area (TPSA) is 129 Å². The minimum Gasteiger partial charge on any atom is -0.396 e. The van der Waals surface area contributed by atoms with E-state index >= 15 is 0 Å². The molecular formula is C29H34N6O4S. The Morgan fingerprint density at radius 1 is 1.02 bits per heavy atom. The second kappa shape index (κ2) is 11.2. The van der Waals surface area contributed by atoms with Crippen LogP contribution in [0.5, 0.6) is 0 Å². The molecule has 6 rings (SSSR count). The molecule has 40 heavy (non-hydrogen) atoms. The Hall–Kier alpha value is -3.44. The van der Waals surface area contributed by atoms with Gasteiger partial charge in [-0.1, -0.05) is 47.7 Å². The Balaban J connectivity index is 1.23. The number of nitrogens with one attached hydrogen (secondary N) is 2. The third-order valence-corrected chi connectivity index (χ3v) is 10.5. The minimum absolute atomic E-state index is 0.0100. The lowest BCUT2D eigenvalue weighted by atomic mass is 9.70. The molecule has 3 aliphatic heterocycles. The van der Waals surface area contributed by atoms with Crippen molar-refractivity contribution in [2.24, 2.45) is 11.8 Å². The van der Waals surface area contributed by atoms with Crippen molar-refractivity contribution in [3.05, 3.63) is 60.2 Å². The molecule has 10 nitrogen and oxygen atoms in total. The molecule has 2 aromatic carbocycles. The number of thioether (sulfide) groups is 1. The van der Waals surface area contributed by atoms with E-state index in [4.69, 9.17) is 0 Å². The molecule has 11 heteroatoms. The first-order valence-corrected chi connectivity index (χ1v) is 14.9. The molecule has 3 amide bonds. The van der Waals surface area contributed by atoms with Gasteiger partial charge in [0.05, 0.1) is 22.1 Å².